The molecule has 2 aromatic carbocycles. The number of fused-ring (bicyclic) bond motifs is 1. The summed E-state index contributed by atoms with van der Waals surface area (Å²) in [6, 6.07) is 9.56. The average molecular weight is 484 g/mol. The standard InChI is InChI=1S/C28H37NO6/c1-29(27(30)10-8-20-7-9-23(32-2)24(17-20)33-3)16-6-13-28(31)14-11-21-18-25(34-4)26(35-5)19-22(21)12-15-28/h7-10,17-19,31H,6,11-16H2,1-5H3. The largest absolute Gasteiger partial charge is 0.493 e. The number of aryl methyl sites for hydroxylation is 2. The molecule has 3 rings (SSSR count). The summed E-state index contributed by atoms with van der Waals surface area (Å²) in [4.78, 5) is 14.3. The number of methoxy groups -OCH3 is 4. The first-order valence-corrected chi connectivity index (χ1v) is 11.9. The zero-order chi connectivity index (χ0) is 25.4. The van der Waals surface area contributed by atoms with Gasteiger partial charge in [0.2, 0.25) is 5.91 Å². The van der Waals surface area contributed by atoms with E-state index >= 15 is 0 Å². The van der Waals surface area contributed by atoms with Crippen molar-refractivity contribution in [1.82, 2.24) is 4.90 Å². The Bertz CT molecular complexity index is 1010. The molecular formula is C28H37NO6. The Balaban J connectivity index is 1.52. The number of hydrogen-bond donors (Lipinski definition) is 1. The van der Waals surface area contributed by atoms with E-state index < -0.39 is 5.60 Å². The highest BCUT2D eigenvalue weighted by atomic mass is 16.5. The maximum Gasteiger partial charge on any atom is 0.246 e. The Morgan fingerprint density at radius 2 is 1.46 bits per heavy atom. The van der Waals surface area contributed by atoms with Crippen molar-refractivity contribution in [2.45, 2.75) is 44.1 Å². The number of rotatable bonds is 10. The number of nitrogens with zero attached hydrogens (tertiary/aromatic N) is 1. The molecule has 1 amide bonds. The number of aliphatic hydroxyl groups is 1. The molecule has 0 aliphatic heterocycles. The molecule has 35 heavy (non-hydrogen) atoms. The van der Waals surface area contributed by atoms with Crippen molar-refractivity contribution in [3.05, 3.63) is 53.1 Å². The van der Waals surface area contributed by atoms with Crippen molar-refractivity contribution in [3.63, 3.8) is 0 Å². The van der Waals surface area contributed by atoms with Crippen LogP contribution >= 0.6 is 0 Å². The Kier molecular flexibility index (Phi) is 9.04. The van der Waals surface area contributed by atoms with Gasteiger partial charge in [-0.15, -0.1) is 0 Å². The van der Waals surface area contributed by atoms with Crippen LogP contribution in [0.25, 0.3) is 6.08 Å². The molecule has 0 saturated heterocycles. The second kappa shape index (κ2) is 12.0. The van der Waals surface area contributed by atoms with Gasteiger partial charge in [-0.25, -0.2) is 0 Å². The number of carbonyl (C=O) groups is 1. The third-order valence-electron chi connectivity index (χ3n) is 6.76. The zero-order valence-corrected chi connectivity index (χ0v) is 21.4. The van der Waals surface area contributed by atoms with Crippen molar-refractivity contribution < 1.29 is 28.8 Å². The fourth-order valence-corrected chi connectivity index (χ4v) is 4.55. The number of benzene rings is 2. The molecule has 1 aliphatic carbocycles. The molecule has 0 heterocycles. The smallest absolute Gasteiger partial charge is 0.246 e. The summed E-state index contributed by atoms with van der Waals surface area (Å²) in [6.45, 7) is 0.575. The first kappa shape index (κ1) is 26.4. The highest BCUT2D eigenvalue weighted by Gasteiger charge is 2.30. The summed E-state index contributed by atoms with van der Waals surface area (Å²) in [5, 5.41) is 11.3. The predicted molar refractivity (Wildman–Crippen MR) is 137 cm³/mol. The molecule has 0 aromatic heterocycles. The normalized spacial score (nSPS) is 14.7. The molecule has 1 N–H and O–H groups in total. The van der Waals surface area contributed by atoms with Crippen molar-refractivity contribution >= 4 is 12.0 Å². The summed E-state index contributed by atoms with van der Waals surface area (Å²) >= 11 is 0. The molecule has 7 heteroatoms. The van der Waals surface area contributed by atoms with Crippen molar-refractivity contribution in [2.75, 3.05) is 42.0 Å². The molecule has 0 spiro atoms. The van der Waals surface area contributed by atoms with Gasteiger partial charge < -0.3 is 29.0 Å². The summed E-state index contributed by atoms with van der Waals surface area (Å²) in [6.07, 6.45) is 7.64. The van der Waals surface area contributed by atoms with E-state index in [0.717, 1.165) is 36.3 Å². The summed E-state index contributed by atoms with van der Waals surface area (Å²) in [7, 11) is 8.23. The number of likely N-dealkylation sites (N-methyl/N-ethyl adjacent to an activating group) is 1. The fraction of sp³-hybridized carbons (Fsp3) is 0.464. The lowest BCUT2D eigenvalue weighted by Crippen LogP contribution is -2.32. The quantitative estimate of drug-likeness (QED) is 0.401. The molecule has 0 fully saturated rings. The van der Waals surface area contributed by atoms with E-state index in [4.69, 9.17) is 18.9 Å². The van der Waals surface area contributed by atoms with Crippen LogP contribution < -0.4 is 18.9 Å². The molecular weight excluding hydrogens is 446 g/mol. The van der Waals surface area contributed by atoms with Gasteiger partial charge in [0.05, 0.1) is 34.0 Å². The topological polar surface area (TPSA) is 77.5 Å². The first-order chi connectivity index (χ1) is 16.8. The van der Waals surface area contributed by atoms with Crippen LogP contribution in [-0.2, 0) is 17.6 Å². The molecule has 0 bridgehead atoms. The van der Waals surface area contributed by atoms with Gasteiger partial charge in [-0.2, -0.15) is 0 Å². The van der Waals surface area contributed by atoms with Crippen LogP contribution in [0, 0.1) is 0 Å². The molecule has 0 saturated carbocycles. The lowest BCUT2D eigenvalue weighted by Gasteiger charge is -2.27. The van der Waals surface area contributed by atoms with Gasteiger partial charge in [0.1, 0.15) is 0 Å². The molecule has 2 aromatic rings. The maximum absolute atomic E-state index is 12.6. The van der Waals surface area contributed by atoms with E-state index in [1.54, 1.807) is 52.5 Å². The van der Waals surface area contributed by atoms with Gasteiger partial charge in [0.25, 0.3) is 0 Å². The fourth-order valence-electron chi connectivity index (χ4n) is 4.55. The zero-order valence-electron chi connectivity index (χ0n) is 21.4. The molecule has 190 valence electrons. The Morgan fingerprint density at radius 3 is 2.00 bits per heavy atom. The number of hydrogen-bond acceptors (Lipinski definition) is 6. The van der Waals surface area contributed by atoms with E-state index in [-0.39, 0.29) is 5.91 Å². The monoisotopic (exact) mass is 483 g/mol. The number of amides is 1. The second-order valence-electron chi connectivity index (χ2n) is 9.01. The summed E-state index contributed by atoms with van der Waals surface area (Å²) < 4.78 is 21.4. The van der Waals surface area contributed by atoms with Gasteiger partial charge in [-0.05, 0) is 85.6 Å². The third-order valence-corrected chi connectivity index (χ3v) is 6.76. The molecule has 7 nitrogen and oxygen atoms in total. The first-order valence-electron chi connectivity index (χ1n) is 11.9. The molecule has 0 unspecified atom stereocenters. The minimum atomic E-state index is -0.751. The molecule has 0 atom stereocenters. The molecule has 0 radical (unpaired) electrons. The minimum Gasteiger partial charge on any atom is -0.493 e. The SMILES string of the molecule is COc1ccc(C=CC(=O)N(C)CCCC2(O)CCc3cc(OC)c(OC)cc3CC2)cc1OC. The van der Waals surface area contributed by atoms with Crippen LogP contribution in [0.5, 0.6) is 23.0 Å². The van der Waals surface area contributed by atoms with E-state index in [1.165, 1.54) is 11.1 Å². The second-order valence-corrected chi connectivity index (χ2v) is 9.01. The van der Waals surface area contributed by atoms with Gasteiger partial charge >= 0.3 is 0 Å². The van der Waals surface area contributed by atoms with E-state index in [0.29, 0.717) is 37.3 Å². The lowest BCUT2D eigenvalue weighted by atomic mass is 9.89. The van der Waals surface area contributed by atoms with E-state index in [9.17, 15) is 9.90 Å². The van der Waals surface area contributed by atoms with Crippen LogP contribution in [0.15, 0.2) is 36.4 Å². The minimum absolute atomic E-state index is 0.0840. The van der Waals surface area contributed by atoms with Crippen LogP contribution in [0.3, 0.4) is 0 Å². The van der Waals surface area contributed by atoms with Crippen molar-refractivity contribution in [2.24, 2.45) is 0 Å². The number of ether oxygens (including phenoxy) is 4. The highest BCUT2D eigenvalue weighted by Crippen LogP contribution is 2.37. The predicted octanol–water partition coefficient (Wildman–Crippen LogP) is 4.28. The summed E-state index contributed by atoms with van der Waals surface area (Å²) in [5.74, 6) is 2.62. The van der Waals surface area contributed by atoms with Gasteiger partial charge in [-0.3, -0.25) is 4.79 Å². The van der Waals surface area contributed by atoms with Crippen LogP contribution in [-0.4, -0.2) is 63.5 Å². The van der Waals surface area contributed by atoms with Crippen molar-refractivity contribution in [3.8, 4) is 23.0 Å². The molecule has 1 aliphatic rings. The van der Waals surface area contributed by atoms with Crippen LogP contribution in [0.4, 0.5) is 0 Å². The van der Waals surface area contributed by atoms with E-state index in [1.807, 2.05) is 30.3 Å². The maximum atomic E-state index is 12.6. The highest BCUT2D eigenvalue weighted by molar-refractivity contribution is 5.91. The van der Waals surface area contributed by atoms with Crippen LogP contribution in [0.1, 0.15) is 42.4 Å². The van der Waals surface area contributed by atoms with Gasteiger partial charge in [-0.1, -0.05) is 6.07 Å². The van der Waals surface area contributed by atoms with Gasteiger partial charge in [0, 0.05) is 19.7 Å². The Labute approximate surface area is 208 Å². The summed E-state index contributed by atoms with van der Waals surface area (Å²) in [5.41, 5.74) is 2.50. The Hall–Kier alpha value is -3.19. The Morgan fingerprint density at radius 1 is 0.914 bits per heavy atom. The number of carbonyl (C=O) groups excluding carboxylic acids is 1. The third kappa shape index (κ3) is 6.69. The average Bonchev–Trinajstić information content (AvgIpc) is 3.04. The van der Waals surface area contributed by atoms with Gasteiger partial charge in [0.15, 0.2) is 23.0 Å². The van der Waals surface area contributed by atoms with Crippen molar-refractivity contribution in [1.29, 1.82) is 0 Å². The van der Waals surface area contributed by atoms with E-state index in [2.05, 4.69) is 0 Å². The lowest BCUT2D eigenvalue weighted by molar-refractivity contribution is -0.125. The van der Waals surface area contributed by atoms with Crippen LogP contribution in [0.2, 0.25) is 0 Å².